The van der Waals surface area contributed by atoms with Gasteiger partial charge >= 0.3 is 233 Å². The number of likely N-dealkylation sites (tertiary alicyclic amines) is 1. The van der Waals surface area contributed by atoms with E-state index in [1.54, 1.807) is 6.07 Å². The number of aromatic nitrogens is 2. The van der Waals surface area contributed by atoms with Gasteiger partial charge in [-0.25, -0.2) is 0 Å². The predicted molar refractivity (Wildman–Crippen MR) is 151 cm³/mol. The number of halogens is 3. The molecule has 2 aromatic rings. The summed E-state index contributed by atoms with van der Waals surface area (Å²) >= 11 is 16.0. The topological polar surface area (TPSA) is 38.1 Å². The average Bonchev–Trinajstić information content (AvgIpc) is 3.47. The Kier molecular flexibility index (Phi) is 8.25. The van der Waals surface area contributed by atoms with E-state index >= 15 is 0 Å². The van der Waals surface area contributed by atoms with Gasteiger partial charge in [0.25, 0.3) is 0 Å². The summed E-state index contributed by atoms with van der Waals surface area (Å²) in [5.74, 6) is 0.685. The normalized spacial score (nSPS) is 20.5. The fourth-order valence-electron chi connectivity index (χ4n) is 5.06. The maximum atomic E-state index is 13.4. The third kappa shape index (κ3) is 5.67. The Morgan fingerprint density at radius 3 is 2.54 bits per heavy atom. The quantitative estimate of drug-likeness (QED) is 0.327. The Morgan fingerprint density at radius 2 is 1.80 bits per heavy atom. The molecule has 4 nitrogen and oxygen atoms in total. The van der Waals surface area contributed by atoms with Gasteiger partial charge in [-0.15, -0.1) is 0 Å². The number of rotatable bonds is 5. The fourth-order valence-corrected chi connectivity index (χ4v) is 9.02. The molecule has 0 unspecified atom stereocenters. The van der Waals surface area contributed by atoms with E-state index in [-0.39, 0.29) is 5.91 Å². The molecule has 1 saturated heterocycles. The van der Waals surface area contributed by atoms with Crippen LogP contribution >= 0.6 is 39.1 Å². The van der Waals surface area contributed by atoms with E-state index in [4.69, 9.17) is 28.3 Å². The molecule has 2 aliphatic heterocycles. The van der Waals surface area contributed by atoms with Crippen molar-refractivity contribution in [2.45, 2.75) is 51.4 Å². The molecular weight excluding hydrogens is 612 g/mol. The van der Waals surface area contributed by atoms with Crippen molar-refractivity contribution in [2.24, 2.45) is 5.92 Å². The molecule has 0 radical (unpaired) electrons. The molecule has 1 amide bonds. The summed E-state index contributed by atoms with van der Waals surface area (Å²) in [5, 5.41) is 5.90. The monoisotopic (exact) mass is 641 g/mol. The van der Waals surface area contributed by atoms with Crippen molar-refractivity contribution in [3.63, 3.8) is 0 Å². The molecule has 1 saturated carbocycles. The van der Waals surface area contributed by atoms with Crippen LogP contribution in [0, 0.1) is 5.92 Å². The zero-order valence-corrected chi connectivity index (χ0v) is 24.8. The van der Waals surface area contributed by atoms with Crippen LogP contribution in [0.15, 0.2) is 51.4 Å². The van der Waals surface area contributed by atoms with Crippen LogP contribution in [-0.4, -0.2) is 48.6 Å². The van der Waals surface area contributed by atoms with Gasteiger partial charge < -0.3 is 0 Å². The van der Waals surface area contributed by atoms with E-state index < -0.39 is 15.0 Å². The molecule has 0 N–H and O–H groups in total. The molecule has 2 fully saturated rings. The van der Waals surface area contributed by atoms with Gasteiger partial charge in [0.2, 0.25) is 0 Å². The minimum absolute atomic E-state index is 0.0226. The number of allylic oxidation sites excluding steroid dienone is 5. The molecule has 35 heavy (non-hydrogen) atoms. The predicted octanol–water partition coefficient (Wildman–Crippen LogP) is 7.11. The summed E-state index contributed by atoms with van der Waals surface area (Å²) in [7, 11) is 0. The van der Waals surface area contributed by atoms with Crippen molar-refractivity contribution in [1.29, 1.82) is 0 Å². The van der Waals surface area contributed by atoms with Crippen LogP contribution in [0.2, 0.25) is 10.0 Å². The van der Waals surface area contributed by atoms with Crippen LogP contribution in [0.4, 0.5) is 0 Å². The van der Waals surface area contributed by atoms with E-state index in [9.17, 15) is 4.79 Å². The molecule has 1 aromatic carbocycles. The molecule has 3 heterocycles. The van der Waals surface area contributed by atoms with E-state index in [0.29, 0.717) is 21.7 Å². The summed E-state index contributed by atoms with van der Waals surface area (Å²) in [6.45, 7) is 1.56. The van der Waals surface area contributed by atoms with Gasteiger partial charge in [0.1, 0.15) is 0 Å². The number of amides is 1. The standard InChI is InChI=1S/C27H30BrCl2N3OSe/c28-24-25(27(34)32-15-5-2-6-16-32)31-33(22-13-10-19(29)17-21(22)30)26(24)23-14-12-20(35-23)11-9-18-7-3-1-4-8-18/h9-14,17-18H,1-8,15-16,35H2. The van der Waals surface area contributed by atoms with Crippen molar-refractivity contribution in [3.05, 3.63) is 72.9 Å². The van der Waals surface area contributed by atoms with E-state index in [1.807, 2.05) is 21.7 Å². The summed E-state index contributed by atoms with van der Waals surface area (Å²) in [6.07, 6.45) is 19.1. The summed E-state index contributed by atoms with van der Waals surface area (Å²) < 4.78 is 5.21. The Labute approximate surface area is 231 Å². The Bertz CT molecular complexity index is 1210. The second kappa shape index (κ2) is 11.4. The van der Waals surface area contributed by atoms with Crippen molar-refractivity contribution < 1.29 is 4.79 Å². The Morgan fingerprint density at radius 1 is 1.06 bits per heavy atom. The van der Waals surface area contributed by atoms with Gasteiger partial charge in [-0.1, -0.05) is 0 Å². The van der Waals surface area contributed by atoms with Crippen LogP contribution in [0.1, 0.15) is 67.5 Å². The van der Waals surface area contributed by atoms with Crippen molar-refractivity contribution in [3.8, 4) is 5.69 Å². The third-order valence-corrected chi connectivity index (χ3v) is 11.0. The molecule has 8 heteroatoms. The second-order valence-electron chi connectivity index (χ2n) is 9.46. The average molecular weight is 642 g/mol. The third-order valence-electron chi connectivity index (χ3n) is 6.97. The van der Waals surface area contributed by atoms with Gasteiger partial charge in [-0.05, 0) is 0 Å². The molecule has 0 atom stereocenters. The zero-order valence-electron chi connectivity index (χ0n) is 19.6. The number of nitrogens with zero attached hydrogens (tertiary/aromatic N) is 3. The van der Waals surface area contributed by atoms with Gasteiger partial charge in [-0.3, -0.25) is 0 Å². The summed E-state index contributed by atoms with van der Waals surface area (Å²) in [4.78, 5) is 15.4. The SMILES string of the molecule is O=C(c1nn(-c2ccc(Cl)cc2Cl)c(C2=CC=C(C=CC3CCCCC3)[SeH2]2)c1Br)N1CCCCC1. The molecular formula is C27H30BrCl2N3OSe. The molecule has 0 bridgehead atoms. The maximum absolute atomic E-state index is 13.4. The van der Waals surface area contributed by atoms with Crippen LogP contribution < -0.4 is 0 Å². The molecule has 1 aliphatic carbocycles. The number of carbonyl (C=O) groups is 1. The first kappa shape index (κ1) is 25.4. The van der Waals surface area contributed by atoms with Crippen molar-refractivity contribution in [2.75, 3.05) is 13.1 Å². The van der Waals surface area contributed by atoms with Crippen LogP contribution in [0.25, 0.3) is 10.2 Å². The van der Waals surface area contributed by atoms with Gasteiger partial charge in [0.15, 0.2) is 0 Å². The Balaban J connectivity index is 1.46. The van der Waals surface area contributed by atoms with E-state index in [2.05, 4.69) is 40.2 Å². The number of piperidine rings is 1. The molecule has 186 valence electrons. The molecule has 1 aromatic heterocycles. The number of carbonyl (C=O) groups excluding carboxylic acids is 1. The van der Waals surface area contributed by atoms with E-state index in [0.717, 1.165) is 41.8 Å². The van der Waals surface area contributed by atoms with Crippen LogP contribution in [0.5, 0.6) is 0 Å². The van der Waals surface area contributed by atoms with Crippen LogP contribution in [-0.2, 0) is 0 Å². The molecule has 0 spiro atoms. The first-order chi connectivity index (χ1) is 17.0. The minimum atomic E-state index is -0.574. The number of benzene rings is 1. The van der Waals surface area contributed by atoms with Gasteiger partial charge in [-0.2, -0.15) is 0 Å². The molecule has 5 rings (SSSR count). The first-order valence-corrected chi connectivity index (χ1v) is 16.1. The van der Waals surface area contributed by atoms with E-state index in [1.165, 1.54) is 47.5 Å². The Hall–Kier alpha value is -1.30. The van der Waals surface area contributed by atoms with Crippen molar-refractivity contribution >= 4 is 64.5 Å². The number of hydrogen-bond donors (Lipinski definition) is 0. The summed E-state index contributed by atoms with van der Waals surface area (Å²) in [5.41, 5.74) is 2.10. The molecule has 3 aliphatic rings. The fraction of sp³-hybridized carbons (Fsp3) is 0.407. The number of hydrogen-bond acceptors (Lipinski definition) is 2. The summed E-state index contributed by atoms with van der Waals surface area (Å²) in [6, 6.07) is 5.40. The second-order valence-corrected chi connectivity index (χ2v) is 14.0. The van der Waals surface area contributed by atoms with Gasteiger partial charge in [0.05, 0.1) is 0 Å². The zero-order chi connectivity index (χ0) is 24.4. The first-order valence-electron chi connectivity index (χ1n) is 12.4. The van der Waals surface area contributed by atoms with Gasteiger partial charge in [0, 0.05) is 0 Å². The van der Waals surface area contributed by atoms with Crippen molar-refractivity contribution in [1.82, 2.24) is 14.7 Å². The van der Waals surface area contributed by atoms with Crippen LogP contribution in [0.3, 0.4) is 0 Å².